The minimum absolute atomic E-state index is 0.00720. The Bertz CT molecular complexity index is 294. The lowest BCUT2D eigenvalue weighted by Crippen LogP contribution is -2.43. The van der Waals surface area contributed by atoms with E-state index in [4.69, 9.17) is 10.5 Å². The van der Waals surface area contributed by atoms with E-state index in [1.54, 1.807) is 0 Å². The minimum Gasteiger partial charge on any atom is -0.459 e. The topological polar surface area (TPSA) is 67.9 Å². The predicted octanol–water partition coefficient (Wildman–Crippen LogP) is 0.692. The fraction of sp³-hybridized carbons (Fsp3) is 0.818. The summed E-state index contributed by atoms with van der Waals surface area (Å²) in [4.78, 5) is 17.5. The van der Waals surface area contributed by atoms with Crippen LogP contribution in [0.25, 0.3) is 0 Å². The van der Waals surface area contributed by atoms with E-state index in [0.717, 1.165) is 24.6 Å². The Labute approximate surface area is 107 Å². The molecule has 0 saturated carbocycles. The van der Waals surface area contributed by atoms with Crippen molar-refractivity contribution in [1.82, 2.24) is 4.90 Å². The highest BCUT2D eigenvalue weighted by Gasteiger charge is 2.17. The zero-order valence-corrected chi connectivity index (χ0v) is 11.5. The van der Waals surface area contributed by atoms with E-state index in [0.29, 0.717) is 5.96 Å². The molecule has 0 aromatic rings. The van der Waals surface area contributed by atoms with Crippen LogP contribution < -0.4 is 5.73 Å². The van der Waals surface area contributed by atoms with Crippen LogP contribution >= 0.6 is 11.8 Å². The SMILES string of the molecule is CC(C)(C)OC(=O)CN=C(N)N1CCSCC1. The van der Waals surface area contributed by atoms with E-state index < -0.39 is 5.60 Å². The van der Waals surface area contributed by atoms with E-state index in [-0.39, 0.29) is 12.5 Å². The fourth-order valence-corrected chi connectivity index (χ4v) is 2.31. The van der Waals surface area contributed by atoms with Crippen LogP contribution in [0.2, 0.25) is 0 Å². The number of rotatable bonds is 2. The van der Waals surface area contributed by atoms with Gasteiger partial charge in [-0.25, -0.2) is 4.99 Å². The van der Waals surface area contributed by atoms with E-state index in [1.165, 1.54) is 0 Å². The van der Waals surface area contributed by atoms with Gasteiger partial charge in [0.2, 0.25) is 0 Å². The average molecular weight is 259 g/mol. The zero-order valence-electron chi connectivity index (χ0n) is 10.7. The molecule has 0 unspecified atom stereocenters. The molecule has 17 heavy (non-hydrogen) atoms. The maximum Gasteiger partial charge on any atom is 0.328 e. The molecular weight excluding hydrogens is 238 g/mol. The van der Waals surface area contributed by atoms with Crippen molar-refractivity contribution in [2.75, 3.05) is 31.1 Å². The summed E-state index contributed by atoms with van der Waals surface area (Å²) in [5, 5.41) is 0. The summed E-state index contributed by atoms with van der Waals surface area (Å²) in [5.41, 5.74) is 5.35. The van der Waals surface area contributed by atoms with Gasteiger partial charge in [-0.2, -0.15) is 11.8 Å². The standard InChI is InChI=1S/C11H21N3O2S/c1-11(2,3)16-9(15)8-13-10(12)14-4-6-17-7-5-14/h4-8H2,1-3H3,(H2,12,13). The summed E-state index contributed by atoms with van der Waals surface area (Å²) in [6, 6.07) is 0. The molecular formula is C11H21N3O2S. The number of ether oxygens (including phenoxy) is 1. The maximum absolute atomic E-state index is 11.4. The summed E-state index contributed by atoms with van der Waals surface area (Å²) in [5.74, 6) is 2.22. The number of hydrogen-bond acceptors (Lipinski definition) is 4. The summed E-state index contributed by atoms with van der Waals surface area (Å²) in [6.07, 6.45) is 0. The van der Waals surface area contributed by atoms with Crippen LogP contribution in [0.5, 0.6) is 0 Å². The molecule has 1 aliphatic heterocycles. The second kappa shape index (κ2) is 6.14. The predicted molar refractivity (Wildman–Crippen MR) is 71.2 cm³/mol. The monoisotopic (exact) mass is 259 g/mol. The number of carbonyl (C=O) groups is 1. The molecule has 0 aliphatic carbocycles. The molecule has 2 N–H and O–H groups in total. The van der Waals surface area contributed by atoms with Crippen LogP contribution in [-0.2, 0) is 9.53 Å². The first-order valence-corrected chi connectivity index (χ1v) is 6.88. The molecule has 0 bridgehead atoms. The number of nitrogens with two attached hydrogens (primary N) is 1. The summed E-state index contributed by atoms with van der Waals surface area (Å²) < 4.78 is 5.15. The van der Waals surface area contributed by atoms with E-state index in [1.807, 2.05) is 37.4 Å². The summed E-state index contributed by atoms with van der Waals surface area (Å²) in [6.45, 7) is 7.29. The molecule has 5 nitrogen and oxygen atoms in total. The van der Waals surface area contributed by atoms with Gasteiger partial charge >= 0.3 is 5.97 Å². The van der Waals surface area contributed by atoms with Crippen LogP contribution in [0.15, 0.2) is 4.99 Å². The van der Waals surface area contributed by atoms with Gasteiger partial charge in [0.1, 0.15) is 12.1 Å². The second-order valence-electron chi connectivity index (χ2n) is 4.86. The Morgan fingerprint density at radius 3 is 2.53 bits per heavy atom. The third-order valence-corrected chi connectivity index (χ3v) is 3.07. The molecule has 1 fully saturated rings. The lowest BCUT2D eigenvalue weighted by atomic mass is 10.2. The van der Waals surface area contributed by atoms with Crippen LogP contribution in [0, 0.1) is 0 Å². The van der Waals surface area contributed by atoms with Gasteiger partial charge in [-0.05, 0) is 20.8 Å². The van der Waals surface area contributed by atoms with Crippen molar-refractivity contribution in [3.8, 4) is 0 Å². The lowest BCUT2D eigenvalue weighted by Gasteiger charge is -2.27. The fourth-order valence-electron chi connectivity index (χ4n) is 1.41. The van der Waals surface area contributed by atoms with Crippen LogP contribution in [-0.4, -0.2) is 53.6 Å². The summed E-state index contributed by atoms with van der Waals surface area (Å²) in [7, 11) is 0. The quantitative estimate of drug-likeness (QED) is 0.449. The highest BCUT2D eigenvalue weighted by molar-refractivity contribution is 7.99. The highest BCUT2D eigenvalue weighted by atomic mass is 32.2. The number of thioether (sulfide) groups is 1. The van der Waals surface area contributed by atoms with Crippen LogP contribution in [0.3, 0.4) is 0 Å². The van der Waals surface area contributed by atoms with Crippen molar-refractivity contribution < 1.29 is 9.53 Å². The Kier molecular flexibility index (Phi) is 5.11. The molecule has 6 heteroatoms. The molecule has 1 rings (SSSR count). The highest BCUT2D eigenvalue weighted by Crippen LogP contribution is 2.09. The number of hydrogen-bond donors (Lipinski definition) is 1. The van der Waals surface area contributed by atoms with Gasteiger partial charge in [0.25, 0.3) is 0 Å². The molecule has 0 radical (unpaired) electrons. The molecule has 0 aromatic carbocycles. The Balaban J connectivity index is 2.38. The Hall–Kier alpha value is -0.910. The molecule has 0 amide bonds. The Morgan fingerprint density at radius 2 is 2.00 bits per heavy atom. The minimum atomic E-state index is -0.469. The molecule has 1 saturated heterocycles. The van der Waals surface area contributed by atoms with Crippen LogP contribution in [0.4, 0.5) is 0 Å². The first kappa shape index (κ1) is 14.2. The van der Waals surface area contributed by atoms with Crippen molar-refractivity contribution in [3.05, 3.63) is 0 Å². The first-order valence-electron chi connectivity index (χ1n) is 5.73. The molecule has 1 aliphatic rings. The van der Waals surface area contributed by atoms with Crippen molar-refractivity contribution in [2.24, 2.45) is 10.7 Å². The van der Waals surface area contributed by atoms with Gasteiger partial charge < -0.3 is 15.4 Å². The Morgan fingerprint density at radius 1 is 1.41 bits per heavy atom. The van der Waals surface area contributed by atoms with Gasteiger partial charge in [-0.1, -0.05) is 0 Å². The van der Waals surface area contributed by atoms with Crippen LogP contribution in [0.1, 0.15) is 20.8 Å². The van der Waals surface area contributed by atoms with Crippen molar-refractivity contribution in [1.29, 1.82) is 0 Å². The molecule has 98 valence electrons. The largest absolute Gasteiger partial charge is 0.459 e. The third kappa shape index (κ3) is 5.81. The maximum atomic E-state index is 11.4. The molecule has 0 atom stereocenters. The van der Waals surface area contributed by atoms with Gasteiger partial charge in [0.05, 0.1) is 0 Å². The third-order valence-electron chi connectivity index (χ3n) is 2.13. The number of nitrogens with zero attached hydrogens (tertiary/aromatic N) is 2. The zero-order chi connectivity index (χ0) is 12.9. The molecule has 0 aromatic heterocycles. The average Bonchev–Trinajstić information content (AvgIpc) is 2.25. The number of guanidine groups is 1. The number of esters is 1. The second-order valence-corrected chi connectivity index (χ2v) is 6.09. The lowest BCUT2D eigenvalue weighted by molar-refractivity contribution is -0.152. The first-order chi connectivity index (χ1) is 7.88. The van der Waals surface area contributed by atoms with Crippen molar-refractivity contribution in [2.45, 2.75) is 26.4 Å². The van der Waals surface area contributed by atoms with Gasteiger partial charge in [-0.3, -0.25) is 4.79 Å². The smallest absolute Gasteiger partial charge is 0.328 e. The van der Waals surface area contributed by atoms with Gasteiger partial charge in [0, 0.05) is 24.6 Å². The van der Waals surface area contributed by atoms with Crippen molar-refractivity contribution in [3.63, 3.8) is 0 Å². The van der Waals surface area contributed by atoms with Crippen molar-refractivity contribution >= 4 is 23.7 Å². The van der Waals surface area contributed by atoms with Gasteiger partial charge in [-0.15, -0.1) is 0 Å². The number of carbonyl (C=O) groups excluding carboxylic acids is 1. The normalized spacial score (nSPS) is 18.1. The van der Waals surface area contributed by atoms with E-state index >= 15 is 0 Å². The van der Waals surface area contributed by atoms with Gasteiger partial charge in [0.15, 0.2) is 5.96 Å². The summed E-state index contributed by atoms with van der Waals surface area (Å²) >= 11 is 1.90. The molecule has 1 heterocycles. The van der Waals surface area contributed by atoms with E-state index in [9.17, 15) is 4.79 Å². The molecule has 0 spiro atoms. The number of aliphatic imine (C=N–C) groups is 1. The van der Waals surface area contributed by atoms with E-state index in [2.05, 4.69) is 4.99 Å².